The van der Waals surface area contributed by atoms with Crippen LogP contribution in [0.3, 0.4) is 0 Å². The van der Waals surface area contributed by atoms with Crippen LogP contribution in [0.1, 0.15) is 23.3 Å². The lowest BCUT2D eigenvalue weighted by Crippen LogP contribution is -2.28. The first-order chi connectivity index (χ1) is 8.65. The van der Waals surface area contributed by atoms with Gasteiger partial charge in [-0.15, -0.1) is 0 Å². The summed E-state index contributed by atoms with van der Waals surface area (Å²) in [6.45, 7) is 1.77. The molecule has 1 aromatic carbocycles. The van der Waals surface area contributed by atoms with E-state index in [0.29, 0.717) is 18.1 Å². The number of aryl methyl sites for hydroxylation is 1. The molecule has 1 heterocycles. The fourth-order valence-electron chi connectivity index (χ4n) is 1.73. The molecule has 0 fully saturated rings. The fourth-order valence-corrected chi connectivity index (χ4v) is 1.73. The summed E-state index contributed by atoms with van der Waals surface area (Å²) in [7, 11) is 0. The van der Waals surface area contributed by atoms with Crippen LogP contribution in [0.2, 0.25) is 0 Å². The minimum atomic E-state index is -1.09. The van der Waals surface area contributed by atoms with Crippen molar-refractivity contribution in [3.8, 4) is 0 Å². The molecule has 0 spiro atoms. The molecule has 0 radical (unpaired) electrons. The normalized spacial score (nSPS) is 12.1. The van der Waals surface area contributed by atoms with E-state index in [1.165, 1.54) is 0 Å². The van der Waals surface area contributed by atoms with E-state index in [1.807, 2.05) is 30.3 Å². The Morgan fingerprint density at radius 3 is 2.72 bits per heavy atom. The number of nitrogens with zero attached hydrogens (tertiary/aromatic N) is 1. The quantitative estimate of drug-likeness (QED) is 0.869. The molecule has 0 saturated heterocycles. The van der Waals surface area contributed by atoms with Gasteiger partial charge in [0.05, 0.1) is 6.20 Å². The molecule has 2 aromatic rings. The minimum Gasteiger partial charge on any atom is -0.465 e. The highest BCUT2D eigenvalue weighted by Crippen LogP contribution is 2.18. The summed E-state index contributed by atoms with van der Waals surface area (Å²) < 4.78 is 5.38. The Kier molecular flexibility index (Phi) is 3.62. The zero-order chi connectivity index (χ0) is 13.0. The standard InChI is InChI=1S/C13H14N2O3/c1-9-8-14-12(18-9)11(15-13(16)17)7-10-5-3-2-4-6-10/h2-6,8,11,15H,7H2,1H3,(H,16,17). The highest BCUT2D eigenvalue weighted by Gasteiger charge is 2.19. The van der Waals surface area contributed by atoms with Crippen molar-refractivity contribution in [3.63, 3.8) is 0 Å². The van der Waals surface area contributed by atoms with Gasteiger partial charge in [0.1, 0.15) is 11.8 Å². The van der Waals surface area contributed by atoms with Crippen molar-refractivity contribution in [2.24, 2.45) is 0 Å². The van der Waals surface area contributed by atoms with Gasteiger partial charge < -0.3 is 14.8 Å². The number of oxazole rings is 1. The monoisotopic (exact) mass is 246 g/mol. The number of hydrogen-bond acceptors (Lipinski definition) is 3. The Bertz CT molecular complexity index is 522. The largest absolute Gasteiger partial charge is 0.465 e. The number of carbonyl (C=O) groups is 1. The summed E-state index contributed by atoms with van der Waals surface area (Å²) in [6, 6.07) is 9.14. The fraction of sp³-hybridized carbons (Fsp3) is 0.231. The maximum atomic E-state index is 10.8. The lowest BCUT2D eigenvalue weighted by Gasteiger charge is -2.13. The smallest absolute Gasteiger partial charge is 0.405 e. The average molecular weight is 246 g/mol. The molecule has 18 heavy (non-hydrogen) atoms. The Labute approximate surface area is 104 Å². The highest BCUT2D eigenvalue weighted by molar-refractivity contribution is 5.65. The van der Waals surface area contributed by atoms with Crippen molar-refractivity contribution >= 4 is 6.09 Å². The number of carboxylic acid groups (broad SMARTS) is 1. The maximum absolute atomic E-state index is 10.8. The zero-order valence-electron chi connectivity index (χ0n) is 9.96. The summed E-state index contributed by atoms with van der Waals surface area (Å²) in [5.41, 5.74) is 1.02. The second kappa shape index (κ2) is 5.35. The van der Waals surface area contributed by atoms with Crippen molar-refractivity contribution in [2.75, 3.05) is 0 Å². The molecule has 1 aromatic heterocycles. The second-order valence-electron chi connectivity index (χ2n) is 4.00. The van der Waals surface area contributed by atoms with Gasteiger partial charge in [-0.3, -0.25) is 0 Å². The molecule has 5 heteroatoms. The first-order valence-corrected chi connectivity index (χ1v) is 5.61. The molecule has 0 aliphatic rings. The zero-order valence-corrected chi connectivity index (χ0v) is 9.96. The first-order valence-electron chi connectivity index (χ1n) is 5.61. The van der Waals surface area contributed by atoms with E-state index < -0.39 is 12.1 Å². The molecule has 5 nitrogen and oxygen atoms in total. The Morgan fingerprint density at radius 1 is 1.44 bits per heavy atom. The summed E-state index contributed by atoms with van der Waals surface area (Å²) in [6.07, 6.45) is 0.996. The van der Waals surface area contributed by atoms with E-state index in [4.69, 9.17) is 9.52 Å². The molecule has 0 aliphatic heterocycles. The molecule has 2 N–H and O–H groups in total. The number of amides is 1. The molecule has 1 amide bonds. The van der Waals surface area contributed by atoms with Crippen molar-refractivity contribution < 1.29 is 14.3 Å². The van der Waals surface area contributed by atoms with Crippen LogP contribution < -0.4 is 5.32 Å². The molecular weight excluding hydrogens is 232 g/mol. The van der Waals surface area contributed by atoms with Crippen LogP contribution >= 0.6 is 0 Å². The maximum Gasteiger partial charge on any atom is 0.405 e. The minimum absolute atomic E-state index is 0.388. The number of nitrogens with one attached hydrogen (secondary N) is 1. The molecular formula is C13H14N2O3. The van der Waals surface area contributed by atoms with Crippen molar-refractivity contribution in [1.82, 2.24) is 10.3 Å². The Hall–Kier alpha value is -2.30. The van der Waals surface area contributed by atoms with Crippen molar-refractivity contribution in [1.29, 1.82) is 0 Å². The van der Waals surface area contributed by atoms with E-state index in [9.17, 15) is 4.79 Å². The van der Waals surface area contributed by atoms with Crippen LogP contribution in [0.25, 0.3) is 0 Å². The van der Waals surface area contributed by atoms with Gasteiger partial charge in [0.15, 0.2) is 0 Å². The van der Waals surface area contributed by atoms with Gasteiger partial charge in [-0.25, -0.2) is 9.78 Å². The van der Waals surface area contributed by atoms with Gasteiger partial charge in [0, 0.05) is 6.42 Å². The number of rotatable bonds is 4. The molecule has 0 saturated carbocycles. The summed E-state index contributed by atoms with van der Waals surface area (Å²) in [5.74, 6) is 1.05. The van der Waals surface area contributed by atoms with Gasteiger partial charge in [0.2, 0.25) is 5.89 Å². The van der Waals surface area contributed by atoms with Crippen LogP contribution in [0, 0.1) is 6.92 Å². The molecule has 0 aliphatic carbocycles. The van der Waals surface area contributed by atoms with Gasteiger partial charge >= 0.3 is 6.09 Å². The number of benzene rings is 1. The van der Waals surface area contributed by atoms with Crippen LogP contribution in [0.4, 0.5) is 4.79 Å². The van der Waals surface area contributed by atoms with Crippen LogP contribution in [0.5, 0.6) is 0 Å². The van der Waals surface area contributed by atoms with Crippen LogP contribution in [0.15, 0.2) is 40.9 Å². The van der Waals surface area contributed by atoms with E-state index in [-0.39, 0.29) is 0 Å². The van der Waals surface area contributed by atoms with Crippen molar-refractivity contribution in [2.45, 2.75) is 19.4 Å². The summed E-state index contributed by atoms with van der Waals surface area (Å²) in [5, 5.41) is 11.3. The lowest BCUT2D eigenvalue weighted by molar-refractivity contribution is 0.187. The summed E-state index contributed by atoms with van der Waals surface area (Å²) >= 11 is 0. The second-order valence-corrected chi connectivity index (χ2v) is 4.00. The van der Waals surface area contributed by atoms with Gasteiger partial charge in [-0.05, 0) is 12.5 Å². The number of hydrogen-bond donors (Lipinski definition) is 2. The topological polar surface area (TPSA) is 75.4 Å². The molecule has 2 rings (SSSR count). The van der Waals surface area contributed by atoms with Gasteiger partial charge in [0.25, 0.3) is 0 Å². The molecule has 94 valence electrons. The third kappa shape index (κ3) is 3.10. The first kappa shape index (κ1) is 12.2. The van der Waals surface area contributed by atoms with E-state index in [0.717, 1.165) is 5.56 Å². The summed E-state index contributed by atoms with van der Waals surface area (Å²) in [4.78, 5) is 14.9. The number of aromatic nitrogens is 1. The van der Waals surface area contributed by atoms with E-state index in [1.54, 1.807) is 13.1 Å². The third-order valence-electron chi connectivity index (χ3n) is 2.52. The SMILES string of the molecule is Cc1cnc(C(Cc2ccccc2)NC(=O)O)o1. The highest BCUT2D eigenvalue weighted by atomic mass is 16.4. The predicted octanol–water partition coefficient (Wildman–Crippen LogP) is 2.53. The molecule has 1 unspecified atom stereocenters. The van der Waals surface area contributed by atoms with Gasteiger partial charge in [-0.1, -0.05) is 30.3 Å². The van der Waals surface area contributed by atoms with Crippen molar-refractivity contribution in [3.05, 3.63) is 53.7 Å². The van der Waals surface area contributed by atoms with Crippen LogP contribution in [-0.2, 0) is 6.42 Å². The third-order valence-corrected chi connectivity index (χ3v) is 2.52. The van der Waals surface area contributed by atoms with E-state index >= 15 is 0 Å². The lowest BCUT2D eigenvalue weighted by atomic mass is 10.1. The molecule has 1 atom stereocenters. The average Bonchev–Trinajstić information content (AvgIpc) is 2.76. The predicted molar refractivity (Wildman–Crippen MR) is 65.3 cm³/mol. The molecule has 0 bridgehead atoms. The Balaban J connectivity index is 2.18. The van der Waals surface area contributed by atoms with Crippen LogP contribution in [-0.4, -0.2) is 16.2 Å². The van der Waals surface area contributed by atoms with Gasteiger partial charge in [-0.2, -0.15) is 0 Å². The Morgan fingerprint density at radius 2 is 2.17 bits per heavy atom. The van der Waals surface area contributed by atoms with E-state index in [2.05, 4.69) is 10.3 Å².